The smallest absolute Gasteiger partial charge is 0.274 e. The van der Waals surface area contributed by atoms with Crippen LogP contribution in [0.5, 0.6) is 0 Å². The van der Waals surface area contributed by atoms with Crippen molar-refractivity contribution in [2.75, 3.05) is 12.8 Å². The summed E-state index contributed by atoms with van der Waals surface area (Å²) < 4.78 is 2.07. The third kappa shape index (κ3) is 1.94. The van der Waals surface area contributed by atoms with Gasteiger partial charge in [-0.3, -0.25) is 9.89 Å². The molecule has 1 aliphatic rings. The molecule has 3 N–H and O–H groups in total. The van der Waals surface area contributed by atoms with Crippen molar-refractivity contribution in [2.24, 2.45) is 0 Å². The highest BCUT2D eigenvalue weighted by atomic mass is 16.2. The number of amides is 1. The molecule has 1 amide bonds. The zero-order valence-electron chi connectivity index (χ0n) is 10.6. The predicted octanol–water partition coefficient (Wildman–Crippen LogP) is -0.198. The van der Waals surface area contributed by atoms with E-state index in [2.05, 4.69) is 25.0 Å². The van der Waals surface area contributed by atoms with Crippen LogP contribution in [0.1, 0.15) is 28.6 Å². The number of carbonyl (C=O) groups is 1. The van der Waals surface area contributed by atoms with Crippen LogP contribution >= 0.6 is 0 Å². The summed E-state index contributed by atoms with van der Waals surface area (Å²) in [7, 11) is 1.71. The first-order chi connectivity index (χ1) is 9.16. The Morgan fingerprint density at radius 2 is 2.42 bits per heavy atom. The molecule has 1 aliphatic heterocycles. The SMILES string of the molecule is CN(Cc1nnc2n1CCC2)C(=O)c1[nH]ncc1N. The number of hydrogen-bond donors (Lipinski definition) is 2. The number of hydrogen-bond acceptors (Lipinski definition) is 5. The molecule has 2 aromatic rings. The Balaban J connectivity index is 1.76. The summed E-state index contributed by atoms with van der Waals surface area (Å²) in [6.07, 6.45) is 3.47. The first kappa shape index (κ1) is 11.7. The number of fused-ring (bicyclic) bond motifs is 1. The molecule has 8 nitrogen and oxygen atoms in total. The van der Waals surface area contributed by atoms with E-state index in [9.17, 15) is 4.79 Å². The summed E-state index contributed by atoms with van der Waals surface area (Å²) in [4.78, 5) is 13.7. The van der Waals surface area contributed by atoms with Crippen LogP contribution in [-0.2, 0) is 19.5 Å². The first-order valence-corrected chi connectivity index (χ1v) is 6.12. The van der Waals surface area contributed by atoms with Gasteiger partial charge in [-0.15, -0.1) is 10.2 Å². The van der Waals surface area contributed by atoms with Crippen LogP contribution in [0.3, 0.4) is 0 Å². The van der Waals surface area contributed by atoms with Gasteiger partial charge in [-0.25, -0.2) is 0 Å². The number of aromatic amines is 1. The van der Waals surface area contributed by atoms with E-state index >= 15 is 0 Å². The molecule has 100 valence electrons. The van der Waals surface area contributed by atoms with Gasteiger partial charge < -0.3 is 15.2 Å². The van der Waals surface area contributed by atoms with Gasteiger partial charge in [0, 0.05) is 20.0 Å². The van der Waals surface area contributed by atoms with Crippen LogP contribution in [0.2, 0.25) is 0 Å². The Kier molecular flexibility index (Phi) is 2.69. The summed E-state index contributed by atoms with van der Waals surface area (Å²) in [5, 5.41) is 14.6. The number of H-pyrrole nitrogens is 1. The quantitative estimate of drug-likeness (QED) is 0.796. The van der Waals surface area contributed by atoms with Gasteiger partial charge >= 0.3 is 0 Å². The molecule has 0 atom stereocenters. The second kappa shape index (κ2) is 4.38. The number of rotatable bonds is 3. The number of nitrogen functional groups attached to an aromatic ring is 1. The molecule has 0 aromatic carbocycles. The Morgan fingerprint density at radius 3 is 3.16 bits per heavy atom. The van der Waals surface area contributed by atoms with Crippen LogP contribution in [0.15, 0.2) is 6.20 Å². The Bertz CT molecular complexity index is 614. The second-order valence-electron chi connectivity index (χ2n) is 4.65. The number of carbonyl (C=O) groups excluding carboxylic acids is 1. The Labute approximate surface area is 109 Å². The van der Waals surface area contributed by atoms with Crippen LogP contribution in [0, 0.1) is 0 Å². The normalized spacial score (nSPS) is 13.5. The third-order valence-electron chi connectivity index (χ3n) is 3.29. The molecule has 2 aromatic heterocycles. The van der Waals surface area contributed by atoms with Crippen LogP contribution < -0.4 is 5.73 Å². The van der Waals surface area contributed by atoms with Gasteiger partial charge in [0.1, 0.15) is 11.5 Å². The first-order valence-electron chi connectivity index (χ1n) is 6.12. The Morgan fingerprint density at radius 1 is 1.58 bits per heavy atom. The zero-order valence-corrected chi connectivity index (χ0v) is 10.6. The highest BCUT2D eigenvalue weighted by molar-refractivity contribution is 5.96. The van der Waals surface area contributed by atoms with Crippen molar-refractivity contribution in [3.63, 3.8) is 0 Å². The maximum atomic E-state index is 12.2. The summed E-state index contributed by atoms with van der Waals surface area (Å²) >= 11 is 0. The summed E-state index contributed by atoms with van der Waals surface area (Å²) in [6, 6.07) is 0. The second-order valence-corrected chi connectivity index (χ2v) is 4.65. The number of nitrogens with one attached hydrogen (secondary N) is 1. The standard InChI is InChI=1S/C11H15N7O/c1-17(11(19)10-7(12)5-13-16-10)6-9-15-14-8-3-2-4-18(8)9/h5H,2-4,6,12H2,1H3,(H,13,16). The molecule has 0 bridgehead atoms. The molecular formula is C11H15N7O. The lowest BCUT2D eigenvalue weighted by molar-refractivity contribution is 0.0775. The van der Waals surface area contributed by atoms with E-state index < -0.39 is 0 Å². The van der Waals surface area contributed by atoms with E-state index in [1.807, 2.05) is 0 Å². The van der Waals surface area contributed by atoms with Crippen molar-refractivity contribution < 1.29 is 4.79 Å². The fourth-order valence-electron chi connectivity index (χ4n) is 2.27. The van der Waals surface area contributed by atoms with Crippen LogP contribution in [-0.4, -0.2) is 42.8 Å². The lowest BCUT2D eigenvalue weighted by Gasteiger charge is -2.16. The van der Waals surface area contributed by atoms with Crippen LogP contribution in [0.4, 0.5) is 5.69 Å². The monoisotopic (exact) mass is 261 g/mol. The van der Waals surface area contributed by atoms with Gasteiger partial charge in [-0.2, -0.15) is 5.10 Å². The molecule has 0 aliphatic carbocycles. The van der Waals surface area contributed by atoms with Crippen molar-refractivity contribution in [1.82, 2.24) is 29.9 Å². The van der Waals surface area contributed by atoms with Crippen molar-refractivity contribution in [3.05, 3.63) is 23.5 Å². The molecule has 19 heavy (non-hydrogen) atoms. The maximum absolute atomic E-state index is 12.2. The van der Waals surface area contributed by atoms with Crippen molar-refractivity contribution >= 4 is 11.6 Å². The molecular weight excluding hydrogens is 246 g/mol. The Hall–Kier alpha value is -2.38. The molecule has 0 unspecified atom stereocenters. The fraction of sp³-hybridized carbons (Fsp3) is 0.455. The number of nitrogens with two attached hydrogens (primary N) is 1. The van der Waals surface area contributed by atoms with Crippen molar-refractivity contribution in [3.8, 4) is 0 Å². The molecule has 0 spiro atoms. The fourth-order valence-corrected chi connectivity index (χ4v) is 2.27. The summed E-state index contributed by atoms with van der Waals surface area (Å²) in [5.74, 6) is 1.60. The minimum absolute atomic E-state index is 0.203. The lowest BCUT2D eigenvalue weighted by Crippen LogP contribution is -2.28. The molecule has 0 fully saturated rings. The van der Waals surface area contributed by atoms with E-state index in [0.29, 0.717) is 17.9 Å². The molecule has 3 heterocycles. The van der Waals surface area contributed by atoms with Gasteiger partial charge in [-0.05, 0) is 6.42 Å². The maximum Gasteiger partial charge on any atom is 0.274 e. The van der Waals surface area contributed by atoms with Crippen LogP contribution in [0.25, 0.3) is 0 Å². The molecule has 0 saturated carbocycles. The highest BCUT2D eigenvalue weighted by Gasteiger charge is 2.22. The molecule has 0 radical (unpaired) electrons. The highest BCUT2D eigenvalue weighted by Crippen LogP contribution is 2.16. The average molecular weight is 261 g/mol. The minimum Gasteiger partial charge on any atom is -0.396 e. The van der Waals surface area contributed by atoms with E-state index in [0.717, 1.165) is 31.0 Å². The summed E-state index contributed by atoms with van der Waals surface area (Å²) in [6.45, 7) is 1.33. The van der Waals surface area contributed by atoms with Gasteiger partial charge in [0.2, 0.25) is 0 Å². The lowest BCUT2D eigenvalue weighted by atomic mass is 10.3. The van der Waals surface area contributed by atoms with Gasteiger partial charge in [0.15, 0.2) is 5.82 Å². The molecule has 8 heteroatoms. The van der Waals surface area contributed by atoms with Gasteiger partial charge in [0.05, 0.1) is 18.4 Å². The average Bonchev–Trinajstić information content (AvgIpc) is 3.06. The van der Waals surface area contributed by atoms with E-state index in [1.165, 1.54) is 6.20 Å². The van der Waals surface area contributed by atoms with E-state index in [1.54, 1.807) is 11.9 Å². The number of nitrogens with zero attached hydrogens (tertiary/aromatic N) is 5. The minimum atomic E-state index is -0.203. The molecule has 3 rings (SSSR count). The predicted molar refractivity (Wildman–Crippen MR) is 67.1 cm³/mol. The number of aryl methyl sites for hydroxylation is 1. The third-order valence-corrected chi connectivity index (χ3v) is 3.29. The zero-order chi connectivity index (χ0) is 13.4. The van der Waals surface area contributed by atoms with E-state index in [4.69, 9.17) is 5.73 Å². The van der Waals surface area contributed by atoms with Gasteiger partial charge in [0.25, 0.3) is 5.91 Å². The molecule has 0 saturated heterocycles. The van der Waals surface area contributed by atoms with E-state index in [-0.39, 0.29) is 5.91 Å². The number of aromatic nitrogens is 5. The summed E-state index contributed by atoms with van der Waals surface area (Å²) in [5.41, 5.74) is 6.33. The van der Waals surface area contributed by atoms with Crippen molar-refractivity contribution in [1.29, 1.82) is 0 Å². The number of anilines is 1. The van der Waals surface area contributed by atoms with Gasteiger partial charge in [-0.1, -0.05) is 0 Å². The van der Waals surface area contributed by atoms with Crippen molar-refractivity contribution in [2.45, 2.75) is 25.9 Å². The largest absolute Gasteiger partial charge is 0.396 e. The topological polar surface area (TPSA) is 106 Å².